The number of carbonyl (C=O) groups excluding carboxylic acids is 1. The number of nitrogens with zero attached hydrogens (tertiary/aromatic N) is 1. The molecule has 0 spiro atoms. The van der Waals surface area contributed by atoms with Gasteiger partial charge in [0.15, 0.2) is 10.4 Å². The molecule has 0 atom stereocenters. The van der Waals surface area contributed by atoms with Crippen LogP contribution in [0.15, 0.2) is 38.5 Å². The molecule has 0 unspecified atom stereocenters. The minimum atomic E-state index is -0.378. The summed E-state index contributed by atoms with van der Waals surface area (Å²) in [6.45, 7) is 1.86. The summed E-state index contributed by atoms with van der Waals surface area (Å²) >= 11 is 3.10. The van der Waals surface area contributed by atoms with E-state index >= 15 is 0 Å². The zero-order valence-corrected chi connectivity index (χ0v) is 9.11. The van der Waals surface area contributed by atoms with E-state index in [-0.39, 0.29) is 11.7 Å². The highest BCUT2D eigenvalue weighted by molar-refractivity contribution is 9.10. The van der Waals surface area contributed by atoms with Crippen LogP contribution in [-0.4, -0.2) is 12.1 Å². The molecule has 0 aliphatic rings. The molecule has 0 aliphatic carbocycles. The molecular weight excluding hydrogens is 248 g/mol. The molecule has 74 valence electrons. The minimum absolute atomic E-state index is 0.217. The molecule has 1 amide bonds. The Balaban J connectivity index is 2.51. The van der Waals surface area contributed by atoms with Gasteiger partial charge < -0.3 is 4.42 Å². The van der Waals surface area contributed by atoms with Gasteiger partial charge in [0, 0.05) is 6.21 Å². The molecular formula is C9H9BrN2O2. The summed E-state index contributed by atoms with van der Waals surface area (Å²) in [6, 6.07) is 3.20. The number of rotatable bonds is 3. The molecule has 1 heterocycles. The van der Waals surface area contributed by atoms with E-state index in [9.17, 15) is 4.79 Å². The summed E-state index contributed by atoms with van der Waals surface area (Å²) < 4.78 is 5.53. The van der Waals surface area contributed by atoms with E-state index in [1.807, 2.05) is 6.92 Å². The fourth-order valence-electron chi connectivity index (χ4n) is 0.716. The summed E-state index contributed by atoms with van der Waals surface area (Å²) in [5.41, 5.74) is 2.31. The minimum Gasteiger partial charge on any atom is -0.444 e. The number of amides is 1. The third-order valence-corrected chi connectivity index (χ3v) is 1.74. The van der Waals surface area contributed by atoms with Gasteiger partial charge in [0.05, 0.1) is 0 Å². The van der Waals surface area contributed by atoms with Crippen molar-refractivity contribution in [2.45, 2.75) is 6.92 Å². The van der Waals surface area contributed by atoms with Crippen molar-refractivity contribution in [2.75, 3.05) is 0 Å². The number of nitrogens with one attached hydrogen (secondary N) is 1. The van der Waals surface area contributed by atoms with Crippen molar-refractivity contribution < 1.29 is 9.21 Å². The number of allylic oxidation sites excluding steroid dienone is 2. The van der Waals surface area contributed by atoms with E-state index in [0.717, 1.165) is 0 Å². The van der Waals surface area contributed by atoms with Crippen molar-refractivity contribution in [3.8, 4) is 0 Å². The first-order valence-corrected chi connectivity index (χ1v) is 4.73. The highest BCUT2D eigenvalue weighted by Crippen LogP contribution is 2.13. The lowest BCUT2D eigenvalue weighted by molar-refractivity contribution is 0.0926. The molecule has 1 aromatic rings. The number of halogens is 1. The van der Waals surface area contributed by atoms with Crippen molar-refractivity contribution in [3.63, 3.8) is 0 Å². The maximum absolute atomic E-state index is 11.3. The van der Waals surface area contributed by atoms with Gasteiger partial charge >= 0.3 is 5.91 Å². The van der Waals surface area contributed by atoms with Gasteiger partial charge in [-0.25, -0.2) is 5.43 Å². The fraction of sp³-hybridized carbons (Fsp3) is 0.111. The lowest BCUT2D eigenvalue weighted by atomic mass is 10.4. The molecule has 0 aromatic carbocycles. The summed E-state index contributed by atoms with van der Waals surface area (Å²) in [4.78, 5) is 11.3. The van der Waals surface area contributed by atoms with Gasteiger partial charge in [-0.05, 0) is 41.1 Å². The number of hydrogen-bond donors (Lipinski definition) is 1. The largest absolute Gasteiger partial charge is 0.444 e. The second-order valence-corrected chi connectivity index (χ2v) is 3.13. The first kappa shape index (κ1) is 10.7. The van der Waals surface area contributed by atoms with Gasteiger partial charge in [-0.15, -0.1) is 0 Å². The molecule has 0 fully saturated rings. The van der Waals surface area contributed by atoms with E-state index in [0.29, 0.717) is 4.67 Å². The Hall–Kier alpha value is -1.36. The number of furan rings is 1. The Morgan fingerprint density at radius 1 is 1.64 bits per heavy atom. The van der Waals surface area contributed by atoms with Crippen LogP contribution in [-0.2, 0) is 0 Å². The van der Waals surface area contributed by atoms with Crippen LogP contribution in [0.5, 0.6) is 0 Å². The van der Waals surface area contributed by atoms with Gasteiger partial charge in [0.1, 0.15) is 0 Å². The lowest BCUT2D eigenvalue weighted by Crippen LogP contribution is -2.16. The van der Waals surface area contributed by atoms with Crippen LogP contribution in [0.2, 0.25) is 0 Å². The van der Waals surface area contributed by atoms with Gasteiger partial charge in [0.2, 0.25) is 0 Å². The number of hydrogen-bond acceptors (Lipinski definition) is 3. The summed E-state index contributed by atoms with van der Waals surface area (Å²) in [7, 11) is 0. The molecule has 5 heteroatoms. The van der Waals surface area contributed by atoms with Crippen LogP contribution in [0, 0.1) is 0 Å². The van der Waals surface area contributed by atoms with Crippen molar-refractivity contribution >= 4 is 28.1 Å². The molecule has 4 nitrogen and oxygen atoms in total. The van der Waals surface area contributed by atoms with Crippen molar-refractivity contribution in [2.24, 2.45) is 5.10 Å². The average molecular weight is 257 g/mol. The topological polar surface area (TPSA) is 54.6 Å². The van der Waals surface area contributed by atoms with Crippen molar-refractivity contribution in [1.29, 1.82) is 0 Å². The summed E-state index contributed by atoms with van der Waals surface area (Å²) in [5.74, 6) is -0.161. The third kappa shape index (κ3) is 3.18. The van der Waals surface area contributed by atoms with Crippen LogP contribution in [0.1, 0.15) is 17.5 Å². The Bertz CT molecular complexity index is 369. The molecule has 0 aliphatic heterocycles. The van der Waals surface area contributed by atoms with Crippen molar-refractivity contribution in [1.82, 2.24) is 5.43 Å². The first-order valence-electron chi connectivity index (χ1n) is 3.94. The molecule has 0 saturated heterocycles. The SMILES string of the molecule is C/C=C/C=N/NC(=O)c1ccc(Br)o1. The van der Waals surface area contributed by atoms with E-state index in [1.165, 1.54) is 6.21 Å². The van der Waals surface area contributed by atoms with E-state index < -0.39 is 0 Å². The van der Waals surface area contributed by atoms with Gasteiger partial charge in [-0.3, -0.25) is 4.79 Å². The average Bonchev–Trinajstić information content (AvgIpc) is 2.59. The predicted octanol–water partition coefficient (Wildman–Crippen LogP) is 2.33. The molecule has 1 aromatic heterocycles. The maximum Gasteiger partial charge on any atom is 0.307 e. The van der Waals surface area contributed by atoms with E-state index in [1.54, 1.807) is 24.3 Å². The quantitative estimate of drug-likeness (QED) is 0.667. The molecule has 0 saturated carbocycles. The van der Waals surface area contributed by atoms with Crippen molar-refractivity contribution in [3.05, 3.63) is 34.7 Å². The second-order valence-electron chi connectivity index (χ2n) is 2.35. The molecule has 0 radical (unpaired) electrons. The van der Waals surface area contributed by atoms with E-state index in [2.05, 4.69) is 26.5 Å². The zero-order valence-electron chi connectivity index (χ0n) is 7.53. The fourth-order valence-corrected chi connectivity index (χ4v) is 1.02. The highest BCUT2D eigenvalue weighted by atomic mass is 79.9. The Morgan fingerprint density at radius 2 is 2.43 bits per heavy atom. The Kier molecular flexibility index (Phi) is 4.12. The van der Waals surface area contributed by atoms with Crippen LogP contribution in [0.4, 0.5) is 0 Å². The number of carbonyl (C=O) groups is 1. The van der Waals surface area contributed by atoms with Crippen LogP contribution < -0.4 is 5.43 Å². The Morgan fingerprint density at radius 3 is 3.00 bits per heavy atom. The molecule has 0 bridgehead atoms. The smallest absolute Gasteiger partial charge is 0.307 e. The van der Waals surface area contributed by atoms with Gasteiger partial charge in [-0.1, -0.05) is 6.08 Å². The standard InChI is InChI=1S/C9H9BrN2O2/c1-2-3-6-11-12-9(13)7-4-5-8(10)14-7/h2-6H,1H3,(H,12,13)/b3-2+,11-6+. The van der Waals surface area contributed by atoms with Crippen LogP contribution in [0.3, 0.4) is 0 Å². The number of hydrazone groups is 1. The summed E-state index contributed by atoms with van der Waals surface area (Å²) in [5, 5.41) is 3.66. The maximum atomic E-state index is 11.3. The Labute approximate surface area is 89.8 Å². The van der Waals surface area contributed by atoms with E-state index in [4.69, 9.17) is 4.42 Å². The normalized spacial score (nSPS) is 11.3. The molecule has 14 heavy (non-hydrogen) atoms. The van der Waals surface area contributed by atoms with Crippen LogP contribution >= 0.6 is 15.9 Å². The third-order valence-electron chi connectivity index (χ3n) is 1.32. The second kappa shape index (κ2) is 5.39. The summed E-state index contributed by atoms with van der Waals surface area (Å²) in [6.07, 6.45) is 4.99. The zero-order chi connectivity index (χ0) is 10.4. The molecule has 1 N–H and O–H groups in total. The van der Waals surface area contributed by atoms with Gasteiger partial charge in [-0.2, -0.15) is 5.10 Å². The lowest BCUT2D eigenvalue weighted by Gasteiger charge is -1.92. The first-order chi connectivity index (χ1) is 6.74. The predicted molar refractivity (Wildman–Crippen MR) is 57.2 cm³/mol. The van der Waals surface area contributed by atoms with Gasteiger partial charge in [0.25, 0.3) is 0 Å². The highest BCUT2D eigenvalue weighted by Gasteiger charge is 2.08. The van der Waals surface area contributed by atoms with Crippen LogP contribution in [0.25, 0.3) is 0 Å². The molecule has 1 rings (SSSR count). The monoisotopic (exact) mass is 256 g/mol.